The quantitative estimate of drug-likeness (QED) is 0.463. The lowest BCUT2D eigenvalue weighted by Crippen LogP contribution is -2.25. The number of anilines is 1. The molecule has 0 aliphatic heterocycles. The first-order valence-corrected chi connectivity index (χ1v) is 10.4. The van der Waals surface area contributed by atoms with E-state index in [-0.39, 0.29) is 17.2 Å². The number of carbonyl (C=O) groups excluding carboxylic acids is 1. The average Bonchev–Trinajstić information content (AvgIpc) is 3.02. The van der Waals surface area contributed by atoms with Crippen molar-refractivity contribution in [3.8, 4) is 0 Å². The van der Waals surface area contributed by atoms with E-state index in [0.29, 0.717) is 28.7 Å². The number of para-hydroxylation sites is 1. The number of H-pyrrole nitrogens is 1. The van der Waals surface area contributed by atoms with Gasteiger partial charge in [0.25, 0.3) is 5.56 Å². The normalized spacial score (nSPS) is 11.3. The van der Waals surface area contributed by atoms with Crippen LogP contribution in [-0.4, -0.2) is 26.2 Å². The first-order valence-electron chi connectivity index (χ1n) is 9.43. The zero-order valence-electron chi connectivity index (χ0n) is 16.7. The van der Waals surface area contributed by atoms with Crippen molar-refractivity contribution < 1.29 is 4.79 Å². The van der Waals surface area contributed by atoms with Crippen molar-refractivity contribution in [1.82, 2.24) is 14.5 Å². The minimum absolute atomic E-state index is 0.0828. The summed E-state index contributed by atoms with van der Waals surface area (Å²) in [6, 6.07) is 9.52. The lowest BCUT2D eigenvalue weighted by molar-refractivity contribution is -0.113. The van der Waals surface area contributed by atoms with Crippen molar-refractivity contribution in [2.24, 2.45) is 5.92 Å². The summed E-state index contributed by atoms with van der Waals surface area (Å²) in [7, 11) is 0. The van der Waals surface area contributed by atoms with Crippen LogP contribution in [0.1, 0.15) is 31.5 Å². The maximum absolute atomic E-state index is 12.9. The summed E-state index contributed by atoms with van der Waals surface area (Å²) in [6.07, 6.45) is 0.871. The summed E-state index contributed by atoms with van der Waals surface area (Å²) in [5.41, 5.74) is 3.79. The molecule has 0 spiro atoms. The van der Waals surface area contributed by atoms with Gasteiger partial charge in [0, 0.05) is 17.9 Å². The molecule has 28 heavy (non-hydrogen) atoms. The molecule has 0 bridgehead atoms. The van der Waals surface area contributed by atoms with Gasteiger partial charge in [-0.1, -0.05) is 43.8 Å². The second-order valence-corrected chi connectivity index (χ2v) is 8.34. The van der Waals surface area contributed by atoms with Crippen LogP contribution in [0, 0.1) is 19.8 Å². The Balaban J connectivity index is 1.82. The Bertz CT molecular complexity index is 1050. The molecule has 3 aromatic rings. The van der Waals surface area contributed by atoms with E-state index in [4.69, 9.17) is 0 Å². The number of nitrogens with zero attached hydrogens (tertiary/aromatic N) is 2. The minimum atomic E-state index is -0.116. The largest absolute Gasteiger partial charge is 0.353 e. The van der Waals surface area contributed by atoms with Gasteiger partial charge in [-0.05, 0) is 43.9 Å². The molecule has 148 valence electrons. The number of nitrogens with one attached hydrogen (secondary N) is 2. The summed E-state index contributed by atoms with van der Waals surface area (Å²) < 4.78 is 1.68. The lowest BCUT2D eigenvalue weighted by Gasteiger charge is -2.13. The van der Waals surface area contributed by atoms with Gasteiger partial charge in [0.1, 0.15) is 5.52 Å². The van der Waals surface area contributed by atoms with Gasteiger partial charge in [0.15, 0.2) is 5.16 Å². The van der Waals surface area contributed by atoms with Crippen LogP contribution in [0.25, 0.3) is 11.0 Å². The molecule has 0 atom stereocenters. The maximum Gasteiger partial charge on any atom is 0.278 e. The number of aromatic amines is 1. The predicted molar refractivity (Wildman–Crippen MR) is 115 cm³/mol. The van der Waals surface area contributed by atoms with Crippen molar-refractivity contribution in [1.29, 1.82) is 0 Å². The number of aromatic nitrogens is 3. The van der Waals surface area contributed by atoms with E-state index in [1.807, 2.05) is 44.2 Å². The van der Waals surface area contributed by atoms with Crippen molar-refractivity contribution in [3.05, 3.63) is 51.9 Å². The highest BCUT2D eigenvalue weighted by Crippen LogP contribution is 2.20. The molecule has 0 radical (unpaired) electrons. The Hall–Kier alpha value is -2.54. The minimum Gasteiger partial charge on any atom is -0.353 e. The third kappa shape index (κ3) is 4.65. The molecule has 2 heterocycles. The Kier molecular flexibility index (Phi) is 6.24. The molecule has 7 heteroatoms. The van der Waals surface area contributed by atoms with Gasteiger partial charge in [-0.25, -0.2) is 4.98 Å². The number of fused-ring (bicyclic) bond motifs is 1. The molecule has 2 N–H and O–H groups in total. The SMILES string of the molecule is Cc1cc2nc(SCC(=O)Nc3ccccc3C)n(CCC(C)C)c(=O)c2[nH]1. The van der Waals surface area contributed by atoms with E-state index in [1.165, 1.54) is 11.8 Å². The number of carbonyl (C=O) groups is 1. The summed E-state index contributed by atoms with van der Waals surface area (Å²) in [5, 5.41) is 3.51. The second kappa shape index (κ2) is 8.65. The van der Waals surface area contributed by atoms with Gasteiger partial charge in [0.2, 0.25) is 5.91 Å². The van der Waals surface area contributed by atoms with Crippen LogP contribution in [0.4, 0.5) is 5.69 Å². The van der Waals surface area contributed by atoms with E-state index >= 15 is 0 Å². The maximum atomic E-state index is 12.9. The number of rotatable bonds is 7. The smallest absolute Gasteiger partial charge is 0.278 e. The number of aryl methyl sites for hydroxylation is 2. The Morgan fingerprint density at radius 3 is 2.75 bits per heavy atom. The first kappa shape index (κ1) is 20.2. The lowest BCUT2D eigenvalue weighted by atomic mass is 10.1. The summed E-state index contributed by atoms with van der Waals surface area (Å²) in [4.78, 5) is 33.1. The van der Waals surface area contributed by atoms with E-state index in [9.17, 15) is 9.59 Å². The van der Waals surface area contributed by atoms with Crippen molar-refractivity contribution in [2.45, 2.75) is 45.8 Å². The number of benzene rings is 1. The summed E-state index contributed by atoms with van der Waals surface area (Å²) in [6.45, 7) is 8.69. The highest BCUT2D eigenvalue weighted by atomic mass is 32.2. The fourth-order valence-corrected chi connectivity index (χ4v) is 3.76. The molecule has 1 amide bonds. The summed E-state index contributed by atoms with van der Waals surface area (Å²) >= 11 is 1.30. The topological polar surface area (TPSA) is 79.8 Å². The van der Waals surface area contributed by atoms with Crippen LogP contribution < -0.4 is 10.9 Å². The molecule has 0 aliphatic carbocycles. The third-order valence-corrected chi connectivity index (χ3v) is 5.50. The van der Waals surface area contributed by atoms with Crippen LogP contribution >= 0.6 is 11.8 Å². The van der Waals surface area contributed by atoms with Gasteiger partial charge in [-0.15, -0.1) is 0 Å². The standard InChI is InChI=1S/C21H26N4O2S/c1-13(2)9-10-25-20(27)19-17(11-15(4)22-19)24-21(25)28-12-18(26)23-16-8-6-5-7-14(16)3/h5-8,11,13,22H,9-10,12H2,1-4H3,(H,23,26). The third-order valence-electron chi connectivity index (χ3n) is 4.52. The molecule has 3 rings (SSSR count). The predicted octanol–water partition coefficient (Wildman–Crippen LogP) is 4.12. The van der Waals surface area contributed by atoms with Crippen LogP contribution in [0.5, 0.6) is 0 Å². The van der Waals surface area contributed by atoms with Crippen LogP contribution in [-0.2, 0) is 11.3 Å². The Labute approximate surface area is 168 Å². The van der Waals surface area contributed by atoms with Gasteiger partial charge in [-0.2, -0.15) is 0 Å². The number of amides is 1. The molecule has 0 fully saturated rings. The second-order valence-electron chi connectivity index (χ2n) is 7.40. The highest BCUT2D eigenvalue weighted by molar-refractivity contribution is 7.99. The first-order chi connectivity index (χ1) is 13.3. The number of thioether (sulfide) groups is 1. The zero-order valence-corrected chi connectivity index (χ0v) is 17.5. The van der Waals surface area contributed by atoms with Crippen molar-refractivity contribution in [2.75, 3.05) is 11.1 Å². The van der Waals surface area contributed by atoms with Gasteiger partial charge >= 0.3 is 0 Å². The average molecular weight is 399 g/mol. The van der Waals surface area contributed by atoms with E-state index in [2.05, 4.69) is 29.1 Å². The van der Waals surface area contributed by atoms with Gasteiger partial charge in [-0.3, -0.25) is 14.2 Å². The molecule has 0 saturated carbocycles. The van der Waals surface area contributed by atoms with Crippen LogP contribution in [0.2, 0.25) is 0 Å². The fraction of sp³-hybridized carbons (Fsp3) is 0.381. The molecule has 0 aliphatic rings. The van der Waals surface area contributed by atoms with Crippen molar-refractivity contribution in [3.63, 3.8) is 0 Å². The summed E-state index contributed by atoms with van der Waals surface area (Å²) in [5.74, 6) is 0.543. The fourth-order valence-electron chi connectivity index (χ4n) is 2.94. The zero-order chi connectivity index (χ0) is 20.3. The molecule has 0 unspecified atom stereocenters. The molecule has 2 aromatic heterocycles. The van der Waals surface area contributed by atoms with Gasteiger partial charge < -0.3 is 10.3 Å². The van der Waals surface area contributed by atoms with E-state index in [0.717, 1.165) is 23.4 Å². The molecule has 1 aromatic carbocycles. The number of hydrogen-bond acceptors (Lipinski definition) is 4. The van der Waals surface area contributed by atoms with E-state index in [1.54, 1.807) is 4.57 Å². The molecular formula is C21H26N4O2S. The monoisotopic (exact) mass is 398 g/mol. The molecular weight excluding hydrogens is 372 g/mol. The highest BCUT2D eigenvalue weighted by Gasteiger charge is 2.15. The number of hydrogen-bond donors (Lipinski definition) is 2. The molecule has 6 nitrogen and oxygen atoms in total. The molecule has 0 saturated heterocycles. The van der Waals surface area contributed by atoms with Crippen molar-refractivity contribution >= 4 is 34.4 Å². The van der Waals surface area contributed by atoms with Gasteiger partial charge in [0.05, 0.1) is 11.3 Å². The van der Waals surface area contributed by atoms with Crippen LogP contribution in [0.3, 0.4) is 0 Å². The van der Waals surface area contributed by atoms with E-state index < -0.39 is 0 Å². The van der Waals surface area contributed by atoms with Crippen LogP contribution in [0.15, 0.2) is 40.3 Å². The Morgan fingerprint density at radius 2 is 2.04 bits per heavy atom. The Morgan fingerprint density at radius 1 is 1.29 bits per heavy atom.